The third kappa shape index (κ3) is 3.62. The normalized spacial score (nSPS) is 13.6. The highest BCUT2D eigenvalue weighted by Crippen LogP contribution is 2.43. The first-order chi connectivity index (χ1) is 13.5. The quantitative estimate of drug-likeness (QED) is 0.237. The molecule has 0 spiro atoms. The van der Waals surface area contributed by atoms with Gasteiger partial charge in [-0.15, -0.1) is 11.3 Å². The summed E-state index contributed by atoms with van der Waals surface area (Å²) in [6, 6.07) is 0. The van der Waals surface area contributed by atoms with Gasteiger partial charge in [-0.3, -0.25) is 4.79 Å². The Morgan fingerprint density at radius 1 is 1.21 bits per heavy atom. The van der Waals surface area contributed by atoms with E-state index in [-0.39, 0.29) is 11.7 Å². The Kier molecular flexibility index (Phi) is 5.81. The van der Waals surface area contributed by atoms with Crippen LogP contribution in [0.3, 0.4) is 0 Å². The van der Waals surface area contributed by atoms with Gasteiger partial charge < -0.3 is 4.74 Å². The van der Waals surface area contributed by atoms with Crippen LogP contribution in [0.15, 0.2) is 10.2 Å². The van der Waals surface area contributed by atoms with E-state index in [1.807, 2.05) is 6.26 Å². The Labute approximate surface area is 177 Å². The van der Waals surface area contributed by atoms with Gasteiger partial charge in [0.25, 0.3) is 0 Å². The van der Waals surface area contributed by atoms with Crippen molar-refractivity contribution in [3.8, 4) is 0 Å². The zero-order chi connectivity index (χ0) is 19.8. The van der Waals surface area contributed by atoms with Crippen molar-refractivity contribution in [2.24, 2.45) is 5.92 Å². The summed E-state index contributed by atoms with van der Waals surface area (Å²) < 4.78 is 5.83. The van der Waals surface area contributed by atoms with Crippen molar-refractivity contribution in [3.05, 3.63) is 16.8 Å². The van der Waals surface area contributed by atoms with Crippen molar-refractivity contribution in [2.45, 2.75) is 49.7 Å². The van der Waals surface area contributed by atoms with Crippen LogP contribution in [0.1, 0.15) is 37.1 Å². The van der Waals surface area contributed by atoms with Crippen molar-refractivity contribution in [2.75, 3.05) is 19.1 Å². The van der Waals surface area contributed by atoms with E-state index in [9.17, 15) is 4.79 Å². The molecule has 0 unspecified atom stereocenters. The summed E-state index contributed by atoms with van der Waals surface area (Å²) in [5, 5.41) is 2.79. The van der Waals surface area contributed by atoms with E-state index in [1.165, 1.54) is 59.3 Å². The zero-order valence-corrected chi connectivity index (χ0v) is 18.9. The molecule has 0 saturated carbocycles. The van der Waals surface area contributed by atoms with Crippen molar-refractivity contribution in [1.29, 1.82) is 0 Å². The van der Waals surface area contributed by atoms with Crippen molar-refractivity contribution in [3.63, 3.8) is 0 Å². The van der Waals surface area contributed by atoms with Crippen LogP contribution in [0.5, 0.6) is 0 Å². The van der Waals surface area contributed by atoms with E-state index in [1.54, 1.807) is 11.3 Å². The van der Waals surface area contributed by atoms with Crippen LogP contribution in [-0.4, -0.2) is 40.0 Å². The largest absolute Gasteiger partial charge is 0.468 e. The predicted octanol–water partition coefficient (Wildman–Crippen LogP) is 4.91. The van der Waals surface area contributed by atoms with Gasteiger partial charge in [0.05, 0.1) is 23.1 Å². The first-order valence-corrected chi connectivity index (χ1v) is 12.4. The number of pyridine rings is 1. The molecule has 148 valence electrons. The van der Waals surface area contributed by atoms with Gasteiger partial charge in [-0.2, -0.15) is 0 Å². The first kappa shape index (κ1) is 19.9. The number of carbonyl (C=O) groups is 1. The Bertz CT molecular complexity index is 1060. The molecule has 0 radical (unpaired) electrons. The molecule has 0 saturated heterocycles. The Morgan fingerprint density at radius 3 is 2.71 bits per heavy atom. The first-order valence-electron chi connectivity index (χ1n) is 9.40. The third-order valence-corrected chi connectivity index (χ3v) is 7.61. The Morgan fingerprint density at radius 2 is 2.00 bits per heavy atom. The van der Waals surface area contributed by atoms with Crippen molar-refractivity contribution >= 4 is 61.3 Å². The maximum atomic E-state index is 11.6. The number of methoxy groups -OCH3 is 1. The minimum absolute atomic E-state index is 0.245. The number of rotatable bonds is 6. The third-order valence-electron chi connectivity index (χ3n) is 4.91. The van der Waals surface area contributed by atoms with E-state index in [4.69, 9.17) is 14.7 Å². The second kappa shape index (κ2) is 8.16. The molecule has 0 aromatic carbocycles. The molecule has 0 amide bonds. The molecule has 3 aromatic rings. The Hall–Kier alpha value is -1.38. The van der Waals surface area contributed by atoms with Gasteiger partial charge in [0.1, 0.15) is 9.86 Å². The maximum Gasteiger partial charge on any atom is 0.316 e. The van der Waals surface area contributed by atoms with Crippen LogP contribution in [0, 0.1) is 5.92 Å². The van der Waals surface area contributed by atoms with Crippen LogP contribution in [0.2, 0.25) is 0 Å². The standard InChI is InChI=1S/C20H23N3O2S3/c1-10(2)8-13-11-6-5-7-12(11)15-16-17(28-18(15)21-13)19(23-20(22-16)26-4)27-9-14(24)25-3/h10H,5-9H2,1-4H3. The topological polar surface area (TPSA) is 65.0 Å². The number of fused-ring (bicyclic) bond motifs is 5. The fourth-order valence-corrected chi connectivity index (χ4v) is 6.25. The van der Waals surface area contributed by atoms with Gasteiger partial charge in [-0.05, 0) is 49.0 Å². The average molecular weight is 434 g/mol. The van der Waals surface area contributed by atoms with Gasteiger partial charge >= 0.3 is 5.97 Å². The molecule has 1 aliphatic rings. The van der Waals surface area contributed by atoms with E-state index >= 15 is 0 Å². The second-order valence-electron chi connectivity index (χ2n) is 7.31. The fourth-order valence-electron chi connectivity index (χ4n) is 3.73. The lowest BCUT2D eigenvalue weighted by Crippen LogP contribution is -2.03. The molecule has 3 aromatic heterocycles. The van der Waals surface area contributed by atoms with Crippen LogP contribution in [0.25, 0.3) is 20.4 Å². The van der Waals surface area contributed by atoms with Gasteiger partial charge in [-0.1, -0.05) is 37.4 Å². The molecule has 5 nitrogen and oxygen atoms in total. The molecular formula is C20H23N3O2S3. The summed E-state index contributed by atoms with van der Waals surface area (Å²) >= 11 is 4.60. The SMILES string of the molecule is COC(=O)CSc1nc(SC)nc2c1sc1nc(CC(C)C)c3c(c12)CCC3. The van der Waals surface area contributed by atoms with Gasteiger partial charge in [0, 0.05) is 11.1 Å². The minimum Gasteiger partial charge on any atom is -0.468 e. The van der Waals surface area contributed by atoms with E-state index < -0.39 is 0 Å². The fraction of sp³-hybridized carbons (Fsp3) is 0.500. The number of ether oxygens (including phenoxy) is 1. The van der Waals surface area contributed by atoms with Crippen LogP contribution >= 0.6 is 34.9 Å². The molecule has 3 heterocycles. The monoisotopic (exact) mass is 433 g/mol. The number of aromatic nitrogens is 3. The number of nitrogens with zero attached hydrogens (tertiary/aromatic N) is 3. The summed E-state index contributed by atoms with van der Waals surface area (Å²) in [7, 11) is 1.41. The summed E-state index contributed by atoms with van der Waals surface area (Å²) in [6.45, 7) is 4.49. The number of hydrogen-bond donors (Lipinski definition) is 0. The number of aryl methyl sites for hydroxylation is 1. The lowest BCUT2D eigenvalue weighted by atomic mass is 9.99. The van der Waals surface area contributed by atoms with Crippen molar-refractivity contribution < 1.29 is 9.53 Å². The molecule has 0 aliphatic heterocycles. The molecule has 0 N–H and O–H groups in total. The smallest absolute Gasteiger partial charge is 0.316 e. The molecule has 28 heavy (non-hydrogen) atoms. The zero-order valence-electron chi connectivity index (χ0n) is 16.5. The summed E-state index contributed by atoms with van der Waals surface area (Å²) in [5.74, 6) is 0.578. The van der Waals surface area contributed by atoms with E-state index in [0.29, 0.717) is 5.92 Å². The van der Waals surface area contributed by atoms with Gasteiger partial charge in [0.2, 0.25) is 0 Å². The maximum absolute atomic E-state index is 11.6. The van der Waals surface area contributed by atoms with Crippen LogP contribution in [0.4, 0.5) is 0 Å². The lowest BCUT2D eigenvalue weighted by molar-refractivity contribution is -0.137. The molecule has 1 aliphatic carbocycles. The Balaban J connectivity index is 1.93. The van der Waals surface area contributed by atoms with Gasteiger partial charge in [0.15, 0.2) is 5.16 Å². The van der Waals surface area contributed by atoms with Crippen LogP contribution in [-0.2, 0) is 28.8 Å². The van der Waals surface area contributed by atoms with Gasteiger partial charge in [-0.25, -0.2) is 15.0 Å². The summed E-state index contributed by atoms with van der Waals surface area (Å²) in [5.41, 5.74) is 5.12. The molecule has 0 bridgehead atoms. The molecule has 0 fully saturated rings. The summed E-state index contributed by atoms with van der Waals surface area (Å²) in [6.07, 6.45) is 6.38. The highest BCUT2D eigenvalue weighted by molar-refractivity contribution is 8.00. The second-order valence-corrected chi connectivity index (χ2v) is 10.0. The number of esters is 1. The average Bonchev–Trinajstić information content (AvgIpc) is 3.29. The minimum atomic E-state index is -0.248. The predicted molar refractivity (Wildman–Crippen MR) is 118 cm³/mol. The summed E-state index contributed by atoms with van der Waals surface area (Å²) in [4.78, 5) is 27.3. The highest BCUT2D eigenvalue weighted by atomic mass is 32.2. The highest BCUT2D eigenvalue weighted by Gasteiger charge is 2.25. The molecule has 0 atom stereocenters. The molecular weight excluding hydrogens is 410 g/mol. The number of carbonyl (C=O) groups excluding carboxylic acids is 1. The molecule has 4 rings (SSSR count). The number of hydrogen-bond acceptors (Lipinski definition) is 8. The van der Waals surface area contributed by atoms with E-state index in [2.05, 4.69) is 18.8 Å². The number of thioether (sulfide) groups is 2. The number of thiophene rings is 1. The van der Waals surface area contributed by atoms with Crippen LogP contribution < -0.4 is 0 Å². The van der Waals surface area contributed by atoms with Crippen molar-refractivity contribution in [1.82, 2.24) is 15.0 Å². The molecule has 8 heteroatoms. The lowest BCUT2D eigenvalue weighted by Gasteiger charge is -2.11. The van der Waals surface area contributed by atoms with E-state index in [0.717, 1.165) is 44.5 Å².